The number of carbonyl (C=O) groups is 1. The van der Waals surface area contributed by atoms with Crippen molar-refractivity contribution in [3.05, 3.63) is 28.8 Å². The fourth-order valence-electron chi connectivity index (χ4n) is 1.91. The van der Waals surface area contributed by atoms with Crippen molar-refractivity contribution in [1.82, 2.24) is 5.32 Å². The van der Waals surface area contributed by atoms with Crippen molar-refractivity contribution in [3.8, 4) is 11.8 Å². The predicted molar refractivity (Wildman–Crippen MR) is 73.7 cm³/mol. The molecule has 1 rings (SSSR count). The minimum absolute atomic E-state index is 0.281. The molecular weight excluding hydrogens is 240 g/mol. The molecule has 0 radical (unpaired) electrons. The second kappa shape index (κ2) is 5.75. The van der Waals surface area contributed by atoms with Crippen LogP contribution in [0.25, 0.3) is 0 Å². The van der Waals surface area contributed by atoms with Gasteiger partial charge in [0.15, 0.2) is 0 Å². The minimum Gasteiger partial charge on any atom is -0.496 e. The van der Waals surface area contributed by atoms with E-state index in [1.165, 1.54) is 0 Å². The normalized spacial score (nSPS) is 10.7. The van der Waals surface area contributed by atoms with Crippen LogP contribution in [0.1, 0.15) is 30.5 Å². The van der Waals surface area contributed by atoms with Crippen molar-refractivity contribution >= 4 is 5.91 Å². The van der Waals surface area contributed by atoms with Crippen LogP contribution in [0.15, 0.2) is 12.1 Å². The Morgan fingerprint density at radius 1 is 1.42 bits per heavy atom. The lowest BCUT2D eigenvalue weighted by Gasteiger charge is -2.17. The van der Waals surface area contributed by atoms with Gasteiger partial charge < -0.3 is 10.1 Å². The first-order valence-corrected chi connectivity index (χ1v) is 6.15. The average molecular weight is 260 g/mol. The molecule has 0 aliphatic carbocycles. The van der Waals surface area contributed by atoms with E-state index in [-0.39, 0.29) is 5.91 Å². The number of carbonyl (C=O) groups excluding carboxylic acids is 1. The molecule has 0 saturated heterocycles. The molecule has 0 aromatic heterocycles. The number of nitrogens with zero attached hydrogens (tertiary/aromatic N) is 1. The molecule has 1 aromatic rings. The molecule has 0 atom stereocenters. The van der Waals surface area contributed by atoms with E-state index in [4.69, 9.17) is 10.00 Å². The first-order chi connectivity index (χ1) is 8.81. The summed E-state index contributed by atoms with van der Waals surface area (Å²) >= 11 is 0. The van der Waals surface area contributed by atoms with Gasteiger partial charge in [-0.2, -0.15) is 5.26 Å². The third-order valence-electron chi connectivity index (χ3n) is 2.99. The average Bonchev–Trinajstić information content (AvgIpc) is 2.35. The van der Waals surface area contributed by atoms with Crippen molar-refractivity contribution in [1.29, 1.82) is 5.26 Å². The van der Waals surface area contributed by atoms with Crippen molar-refractivity contribution in [2.24, 2.45) is 5.41 Å². The fraction of sp³-hybridized carbons (Fsp3) is 0.467. The Labute approximate surface area is 114 Å². The van der Waals surface area contributed by atoms with Gasteiger partial charge in [0.05, 0.1) is 13.2 Å². The molecule has 19 heavy (non-hydrogen) atoms. The summed E-state index contributed by atoms with van der Waals surface area (Å²) in [6.07, 6.45) is 0. The Bertz CT molecular complexity index is 528. The van der Waals surface area contributed by atoms with Crippen LogP contribution in [0.4, 0.5) is 0 Å². The first-order valence-electron chi connectivity index (χ1n) is 6.15. The maximum absolute atomic E-state index is 11.9. The number of rotatable bonds is 4. The summed E-state index contributed by atoms with van der Waals surface area (Å²) in [6, 6.07) is 5.99. The molecule has 0 heterocycles. The largest absolute Gasteiger partial charge is 0.496 e. The summed E-state index contributed by atoms with van der Waals surface area (Å²) in [6.45, 7) is 7.52. The zero-order chi connectivity index (χ0) is 14.6. The van der Waals surface area contributed by atoms with Gasteiger partial charge in [-0.15, -0.1) is 0 Å². The molecule has 0 aliphatic heterocycles. The molecule has 0 spiro atoms. The molecule has 4 nitrogen and oxygen atoms in total. The van der Waals surface area contributed by atoms with E-state index in [2.05, 4.69) is 5.32 Å². The molecule has 1 N–H and O–H groups in total. The van der Waals surface area contributed by atoms with E-state index in [1.807, 2.05) is 32.0 Å². The number of hydrogen-bond acceptors (Lipinski definition) is 3. The quantitative estimate of drug-likeness (QED) is 0.904. The Balaban J connectivity index is 2.90. The van der Waals surface area contributed by atoms with Gasteiger partial charge >= 0.3 is 0 Å². The number of benzene rings is 1. The van der Waals surface area contributed by atoms with Crippen LogP contribution in [0, 0.1) is 30.6 Å². The van der Waals surface area contributed by atoms with E-state index >= 15 is 0 Å². The van der Waals surface area contributed by atoms with E-state index < -0.39 is 5.41 Å². The van der Waals surface area contributed by atoms with Crippen LogP contribution < -0.4 is 10.1 Å². The lowest BCUT2D eigenvalue weighted by atomic mass is 9.94. The van der Waals surface area contributed by atoms with Crippen LogP contribution in [0.2, 0.25) is 0 Å². The lowest BCUT2D eigenvalue weighted by Crippen LogP contribution is -2.35. The maximum Gasteiger partial charge on any atom is 0.240 e. The minimum atomic E-state index is -1.02. The van der Waals surface area contributed by atoms with Crippen molar-refractivity contribution in [2.75, 3.05) is 7.11 Å². The SMILES string of the molecule is COc1c(C)cc(C)cc1CNC(=O)C(C)(C)C#N. The molecule has 1 aromatic carbocycles. The summed E-state index contributed by atoms with van der Waals surface area (Å²) in [4.78, 5) is 11.9. The van der Waals surface area contributed by atoms with E-state index in [1.54, 1.807) is 21.0 Å². The Kier molecular flexibility index (Phi) is 4.55. The Morgan fingerprint density at radius 2 is 2.05 bits per heavy atom. The lowest BCUT2D eigenvalue weighted by molar-refractivity contribution is -0.126. The number of amides is 1. The van der Waals surface area contributed by atoms with Crippen LogP contribution in [-0.4, -0.2) is 13.0 Å². The second-order valence-electron chi connectivity index (χ2n) is 5.19. The molecular formula is C15H20N2O2. The summed E-state index contributed by atoms with van der Waals surface area (Å²) in [7, 11) is 1.61. The van der Waals surface area contributed by atoms with Gasteiger partial charge in [-0.1, -0.05) is 17.7 Å². The van der Waals surface area contributed by atoms with Crippen LogP contribution in [0.5, 0.6) is 5.75 Å². The summed E-state index contributed by atoms with van der Waals surface area (Å²) in [5.74, 6) is 0.497. The molecule has 0 aliphatic rings. The third-order valence-corrected chi connectivity index (χ3v) is 2.99. The topological polar surface area (TPSA) is 62.1 Å². The van der Waals surface area contributed by atoms with Gasteiger partial charge in [0, 0.05) is 12.1 Å². The predicted octanol–water partition coefficient (Wildman–Crippen LogP) is 2.48. The van der Waals surface area contributed by atoms with Gasteiger partial charge in [-0.05, 0) is 33.3 Å². The van der Waals surface area contributed by atoms with E-state index in [0.29, 0.717) is 6.54 Å². The number of nitrogens with one attached hydrogen (secondary N) is 1. The maximum atomic E-state index is 11.9. The highest BCUT2D eigenvalue weighted by molar-refractivity contribution is 5.84. The number of methoxy groups -OCH3 is 1. The fourth-order valence-corrected chi connectivity index (χ4v) is 1.91. The number of ether oxygens (including phenoxy) is 1. The first kappa shape index (κ1) is 15.0. The smallest absolute Gasteiger partial charge is 0.240 e. The number of nitriles is 1. The van der Waals surface area contributed by atoms with Gasteiger partial charge in [0.2, 0.25) is 5.91 Å². The van der Waals surface area contributed by atoms with Crippen LogP contribution in [-0.2, 0) is 11.3 Å². The van der Waals surface area contributed by atoms with E-state index in [9.17, 15) is 4.79 Å². The molecule has 4 heteroatoms. The Morgan fingerprint density at radius 3 is 2.58 bits per heavy atom. The standard InChI is InChI=1S/C15H20N2O2/c1-10-6-11(2)13(19-5)12(7-10)8-17-14(18)15(3,4)9-16/h6-7H,8H2,1-5H3,(H,17,18). The molecule has 0 bridgehead atoms. The number of aryl methyl sites for hydroxylation is 2. The Hall–Kier alpha value is -2.02. The third kappa shape index (κ3) is 3.47. The zero-order valence-corrected chi connectivity index (χ0v) is 12.1. The zero-order valence-electron chi connectivity index (χ0n) is 12.1. The highest BCUT2D eigenvalue weighted by atomic mass is 16.5. The number of hydrogen-bond donors (Lipinski definition) is 1. The van der Waals surface area contributed by atoms with Gasteiger partial charge in [0.25, 0.3) is 0 Å². The van der Waals surface area contributed by atoms with Crippen molar-refractivity contribution in [2.45, 2.75) is 34.2 Å². The van der Waals surface area contributed by atoms with Crippen LogP contribution >= 0.6 is 0 Å². The monoisotopic (exact) mass is 260 g/mol. The van der Waals surface area contributed by atoms with E-state index in [0.717, 1.165) is 22.4 Å². The molecule has 102 valence electrons. The van der Waals surface area contributed by atoms with Crippen molar-refractivity contribution in [3.63, 3.8) is 0 Å². The molecule has 0 saturated carbocycles. The summed E-state index contributed by atoms with van der Waals surface area (Å²) in [5.41, 5.74) is 2.04. The second-order valence-corrected chi connectivity index (χ2v) is 5.19. The summed E-state index contributed by atoms with van der Waals surface area (Å²) < 4.78 is 5.36. The van der Waals surface area contributed by atoms with Crippen LogP contribution in [0.3, 0.4) is 0 Å². The molecule has 0 unspecified atom stereocenters. The van der Waals surface area contributed by atoms with Gasteiger partial charge in [-0.25, -0.2) is 0 Å². The molecule has 0 fully saturated rings. The molecule has 1 amide bonds. The summed E-state index contributed by atoms with van der Waals surface area (Å²) in [5, 5.41) is 11.7. The van der Waals surface area contributed by atoms with Gasteiger partial charge in [0.1, 0.15) is 11.2 Å². The highest BCUT2D eigenvalue weighted by Crippen LogP contribution is 2.25. The highest BCUT2D eigenvalue weighted by Gasteiger charge is 2.27. The van der Waals surface area contributed by atoms with Crippen molar-refractivity contribution < 1.29 is 9.53 Å². The van der Waals surface area contributed by atoms with Gasteiger partial charge in [-0.3, -0.25) is 4.79 Å².